The van der Waals surface area contributed by atoms with Gasteiger partial charge in [0.05, 0.1) is 16.8 Å². The molecule has 0 bridgehead atoms. The van der Waals surface area contributed by atoms with Crippen molar-refractivity contribution in [3.8, 4) is 0 Å². The Morgan fingerprint density at radius 2 is 2.00 bits per heavy atom. The van der Waals surface area contributed by atoms with E-state index in [1.54, 1.807) is 19.2 Å². The van der Waals surface area contributed by atoms with E-state index in [1.807, 2.05) is 27.7 Å². The van der Waals surface area contributed by atoms with Gasteiger partial charge in [-0.05, 0) is 46.3 Å². The molecule has 0 radical (unpaired) electrons. The highest BCUT2D eigenvalue weighted by molar-refractivity contribution is 7.21. The maximum atomic E-state index is 12.4. The highest BCUT2D eigenvalue weighted by Gasteiger charge is 2.24. The normalized spacial score (nSPS) is 11.5. The molecule has 2 rings (SSSR count). The minimum atomic E-state index is -0.600. The van der Waals surface area contributed by atoms with Crippen molar-refractivity contribution in [2.45, 2.75) is 40.2 Å². The third kappa shape index (κ3) is 3.64. The molecule has 23 heavy (non-hydrogen) atoms. The van der Waals surface area contributed by atoms with Crippen LogP contribution in [0.15, 0.2) is 18.8 Å². The molecule has 0 aliphatic heterocycles. The number of fused-ring (bicyclic) bond motifs is 1. The van der Waals surface area contributed by atoms with Crippen molar-refractivity contribution in [2.75, 3.05) is 6.61 Å². The van der Waals surface area contributed by atoms with Gasteiger partial charge in [-0.2, -0.15) is 0 Å². The van der Waals surface area contributed by atoms with Crippen molar-refractivity contribution in [3.63, 3.8) is 0 Å². The van der Waals surface area contributed by atoms with Crippen LogP contribution in [0, 0.1) is 0 Å². The van der Waals surface area contributed by atoms with Gasteiger partial charge in [-0.1, -0.05) is 6.58 Å². The number of carbonyl (C=O) groups is 2. The van der Waals surface area contributed by atoms with Crippen LogP contribution in [0.2, 0.25) is 0 Å². The van der Waals surface area contributed by atoms with E-state index in [4.69, 9.17) is 9.47 Å². The van der Waals surface area contributed by atoms with E-state index in [-0.39, 0.29) is 0 Å². The van der Waals surface area contributed by atoms with Gasteiger partial charge in [-0.3, -0.25) is 4.57 Å². The van der Waals surface area contributed by atoms with Crippen molar-refractivity contribution < 1.29 is 19.1 Å². The molecular formula is C17H21NO4S. The number of rotatable bonds is 3. The van der Waals surface area contributed by atoms with Crippen molar-refractivity contribution in [1.29, 1.82) is 0 Å². The van der Waals surface area contributed by atoms with Gasteiger partial charge in [-0.15, -0.1) is 11.3 Å². The predicted molar refractivity (Wildman–Crippen MR) is 92.1 cm³/mol. The lowest BCUT2D eigenvalue weighted by Crippen LogP contribution is -2.26. The van der Waals surface area contributed by atoms with E-state index in [2.05, 4.69) is 6.58 Å². The maximum Gasteiger partial charge on any atom is 0.419 e. The summed E-state index contributed by atoms with van der Waals surface area (Å²) in [5.41, 5.74) is 1.67. The standard InChI is InChI=1S/C17H21NO4S/c1-7-21-15(19)13-8-12-14(23-13)11(10(2)3)9-18(12)16(20)22-17(4,5)6/h8-9H,2,7H2,1,3-6H3. The lowest BCUT2D eigenvalue weighted by molar-refractivity contribution is 0.0523. The Balaban J connectivity index is 2.54. The fourth-order valence-corrected chi connectivity index (χ4v) is 3.21. The molecule has 2 aromatic heterocycles. The topological polar surface area (TPSA) is 57.5 Å². The summed E-state index contributed by atoms with van der Waals surface area (Å²) in [6.07, 6.45) is 1.22. The molecule has 0 fully saturated rings. The number of aromatic nitrogens is 1. The number of hydrogen-bond acceptors (Lipinski definition) is 5. The molecule has 0 aliphatic rings. The molecule has 0 atom stereocenters. The summed E-state index contributed by atoms with van der Waals surface area (Å²) in [5, 5.41) is 0. The van der Waals surface area contributed by atoms with Crippen LogP contribution in [0.4, 0.5) is 4.79 Å². The largest absolute Gasteiger partial charge is 0.462 e. The van der Waals surface area contributed by atoms with E-state index in [0.717, 1.165) is 15.8 Å². The Kier molecular flexibility index (Phi) is 4.66. The Morgan fingerprint density at radius 1 is 1.35 bits per heavy atom. The Labute approximate surface area is 139 Å². The summed E-state index contributed by atoms with van der Waals surface area (Å²) in [5.74, 6) is -0.392. The Hall–Kier alpha value is -2.08. The third-order valence-electron chi connectivity index (χ3n) is 3.00. The highest BCUT2D eigenvalue weighted by atomic mass is 32.1. The van der Waals surface area contributed by atoms with Crippen LogP contribution in [0.1, 0.15) is 49.9 Å². The minimum Gasteiger partial charge on any atom is -0.462 e. The summed E-state index contributed by atoms with van der Waals surface area (Å²) in [6.45, 7) is 13.3. The van der Waals surface area contributed by atoms with Gasteiger partial charge in [0.25, 0.3) is 0 Å². The number of nitrogens with zero attached hydrogens (tertiary/aromatic N) is 1. The molecule has 0 unspecified atom stereocenters. The van der Waals surface area contributed by atoms with Gasteiger partial charge in [0.15, 0.2) is 0 Å². The molecular weight excluding hydrogens is 314 g/mol. The molecule has 0 amide bonds. The quantitative estimate of drug-likeness (QED) is 0.763. The van der Waals surface area contributed by atoms with Crippen molar-refractivity contribution in [1.82, 2.24) is 4.57 Å². The van der Waals surface area contributed by atoms with Crippen LogP contribution in [-0.2, 0) is 9.47 Å². The molecule has 0 aliphatic carbocycles. The second-order valence-electron chi connectivity index (χ2n) is 6.22. The van der Waals surface area contributed by atoms with Gasteiger partial charge in [0.2, 0.25) is 0 Å². The molecule has 5 nitrogen and oxygen atoms in total. The van der Waals surface area contributed by atoms with E-state index < -0.39 is 17.7 Å². The Morgan fingerprint density at radius 3 is 2.52 bits per heavy atom. The summed E-state index contributed by atoms with van der Waals surface area (Å²) in [7, 11) is 0. The number of thiophene rings is 1. The van der Waals surface area contributed by atoms with Crippen molar-refractivity contribution in [3.05, 3.63) is 29.3 Å². The summed E-state index contributed by atoms with van der Waals surface area (Å²) < 4.78 is 12.7. The summed E-state index contributed by atoms with van der Waals surface area (Å²) in [4.78, 5) is 24.8. The molecule has 0 spiro atoms. The highest BCUT2D eigenvalue weighted by Crippen LogP contribution is 2.34. The van der Waals surface area contributed by atoms with Gasteiger partial charge in [-0.25, -0.2) is 9.59 Å². The number of allylic oxidation sites excluding steroid dienone is 1. The molecule has 0 N–H and O–H groups in total. The number of esters is 1. The average molecular weight is 335 g/mol. The summed E-state index contributed by atoms with van der Waals surface area (Å²) >= 11 is 1.29. The van der Waals surface area contributed by atoms with Gasteiger partial charge in [0, 0.05) is 11.8 Å². The maximum absolute atomic E-state index is 12.4. The predicted octanol–water partition coefficient (Wildman–Crippen LogP) is 4.70. The van der Waals surface area contributed by atoms with Crippen molar-refractivity contribution in [2.24, 2.45) is 0 Å². The zero-order valence-electron chi connectivity index (χ0n) is 14.1. The van der Waals surface area contributed by atoms with E-state index in [9.17, 15) is 9.59 Å². The molecule has 2 aromatic rings. The number of hydrogen-bond donors (Lipinski definition) is 0. The first kappa shape index (κ1) is 17.3. The second kappa shape index (κ2) is 6.20. The zero-order chi connectivity index (χ0) is 17.4. The first-order valence-corrected chi connectivity index (χ1v) is 8.17. The van der Waals surface area contributed by atoms with Crippen LogP contribution in [0.25, 0.3) is 15.8 Å². The van der Waals surface area contributed by atoms with E-state index in [1.165, 1.54) is 15.9 Å². The Bertz CT molecular complexity index is 776. The first-order valence-electron chi connectivity index (χ1n) is 7.35. The average Bonchev–Trinajstić information content (AvgIpc) is 2.94. The molecule has 0 aromatic carbocycles. The third-order valence-corrected chi connectivity index (χ3v) is 4.14. The number of ether oxygens (including phenoxy) is 2. The SMILES string of the molecule is C=C(C)c1cn(C(=O)OC(C)(C)C)c2cc(C(=O)OCC)sc12. The molecule has 6 heteroatoms. The van der Waals surface area contributed by atoms with Gasteiger partial charge in [0.1, 0.15) is 10.5 Å². The van der Waals surface area contributed by atoms with Crippen LogP contribution < -0.4 is 0 Å². The van der Waals surface area contributed by atoms with Crippen LogP contribution in [0.5, 0.6) is 0 Å². The monoisotopic (exact) mass is 335 g/mol. The number of carbonyl (C=O) groups excluding carboxylic acids is 2. The van der Waals surface area contributed by atoms with E-state index in [0.29, 0.717) is 17.0 Å². The molecule has 2 heterocycles. The van der Waals surface area contributed by atoms with Crippen molar-refractivity contribution >= 4 is 39.2 Å². The molecule has 0 saturated carbocycles. The van der Waals surface area contributed by atoms with Crippen LogP contribution in [-0.4, -0.2) is 28.8 Å². The smallest absolute Gasteiger partial charge is 0.419 e. The second-order valence-corrected chi connectivity index (χ2v) is 7.27. The van der Waals surface area contributed by atoms with Gasteiger partial charge >= 0.3 is 12.1 Å². The summed E-state index contributed by atoms with van der Waals surface area (Å²) in [6, 6.07) is 1.66. The van der Waals surface area contributed by atoms with E-state index >= 15 is 0 Å². The fourth-order valence-electron chi connectivity index (χ4n) is 2.08. The first-order chi connectivity index (χ1) is 10.6. The van der Waals surface area contributed by atoms with Gasteiger partial charge < -0.3 is 9.47 Å². The minimum absolute atomic E-state index is 0.306. The zero-order valence-corrected chi connectivity index (χ0v) is 14.9. The van der Waals surface area contributed by atoms with Crippen LogP contribution in [0.3, 0.4) is 0 Å². The lowest BCUT2D eigenvalue weighted by Gasteiger charge is -2.19. The molecule has 124 valence electrons. The lowest BCUT2D eigenvalue weighted by atomic mass is 10.2. The fraction of sp³-hybridized carbons (Fsp3) is 0.412. The molecule has 0 saturated heterocycles. The van der Waals surface area contributed by atoms with Crippen LogP contribution >= 0.6 is 11.3 Å².